The van der Waals surface area contributed by atoms with E-state index >= 15 is 0 Å². The first-order valence-electron chi connectivity index (χ1n) is 8.51. The van der Waals surface area contributed by atoms with Crippen LogP contribution in [0.1, 0.15) is 53.4 Å². The Morgan fingerprint density at radius 3 is 1.95 bits per heavy atom. The number of nitrogens with zero attached hydrogens (tertiary/aromatic N) is 2. The Labute approximate surface area is 125 Å². The summed E-state index contributed by atoms with van der Waals surface area (Å²) in [6, 6.07) is 0. The Bertz CT molecular complexity index is 292. The van der Waals surface area contributed by atoms with Crippen LogP contribution in [0.25, 0.3) is 0 Å². The normalized spacial score (nSPS) is 24.4. The fraction of sp³-hybridized carbons (Fsp3) is 1.00. The molecule has 2 N–H and O–H groups in total. The number of likely N-dealkylation sites (tertiary alicyclic amines) is 2. The van der Waals surface area contributed by atoms with Crippen molar-refractivity contribution in [1.29, 1.82) is 0 Å². The highest BCUT2D eigenvalue weighted by Crippen LogP contribution is 2.31. The summed E-state index contributed by atoms with van der Waals surface area (Å²) in [6.07, 6.45) is 5.58. The van der Waals surface area contributed by atoms with Crippen LogP contribution >= 0.6 is 0 Å². The largest absolute Gasteiger partial charge is 0.325 e. The number of rotatable bonds is 5. The first kappa shape index (κ1) is 16.3. The molecule has 3 nitrogen and oxygen atoms in total. The lowest BCUT2D eigenvalue weighted by Crippen LogP contribution is -2.54. The van der Waals surface area contributed by atoms with Crippen molar-refractivity contribution in [3.8, 4) is 0 Å². The van der Waals surface area contributed by atoms with Crippen molar-refractivity contribution >= 4 is 0 Å². The van der Waals surface area contributed by atoms with Gasteiger partial charge in [0, 0.05) is 18.6 Å². The maximum absolute atomic E-state index is 6.33. The summed E-state index contributed by atoms with van der Waals surface area (Å²) in [4.78, 5) is 5.31. The number of hydrogen-bond acceptors (Lipinski definition) is 3. The van der Waals surface area contributed by atoms with Gasteiger partial charge in [0.1, 0.15) is 0 Å². The summed E-state index contributed by atoms with van der Waals surface area (Å²) in [5, 5.41) is 0. The van der Waals surface area contributed by atoms with E-state index in [2.05, 4.69) is 37.5 Å². The van der Waals surface area contributed by atoms with Crippen molar-refractivity contribution in [2.75, 3.05) is 39.3 Å². The summed E-state index contributed by atoms with van der Waals surface area (Å²) in [5.41, 5.74) is 6.40. The number of hydrogen-bond donors (Lipinski definition) is 1. The van der Waals surface area contributed by atoms with Crippen LogP contribution in [-0.4, -0.2) is 54.6 Å². The zero-order chi connectivity index (χ0) is 14.8. The van der Waals surface area contributed by atoms with Crippen molar-refractivity contribution in [3.63, 3.8) is 0 Å². The van der Waals surface area contributed by atoms with Gasteiger partial charge in [0.05, 0.1) is 0 Å². The van der Waals surface area contributed by atoms with E-state index in [1.54, 1.807) is 0 Å². The molecule has 0 aliphatic carbocycles. The Balaban J connectivity index is 1.74. The average molecular weight is 281 g/mol. The zero-order valence-electron chi connectivity index (χ0n) is 14.1. The van der Waals surface area contributed by atoms with Gasteiger partial charge in [-0.2, -0.15) is 0 Å². The quantitative estimate of drug-likeness (QED) is 0.840. The van der Waals surface area contributed by atoms with Gasteiger partial charge in [-0.25, -0.2) is 0 Å². The van der Waals surface area contributed by atoms with Crippen LogP contribution in [0.5, 0.6) is 0 Å². The summed E-state index contributed by atoms with van der Waals surface area (Å²) >= 11 is 0. The highest BCUT2D eigenvalue weighted by molar-refractivity contribution is 4.93. The molecule has 0 aromatic rings. The molecule has 0 radical (unpaired) electrons. The standard InChI is InChI=1S/C17H35N3/c1-16(2,17(3,4)18)14-20-11-7-15(8-12-20)13-19-9-5-6-10-19/h15H,5-14,18H2,1-4H3. The Morgan fingerprint density at radius 2 is 1.45 bits per heavy atom. The lowest BCUT2D eigenvalue weighted by Gasteiger charge is -2.44. The van der Waals surface area contributed by atoms with Crippen LogP contribution in [0.4, 0.5) is 0 Å². The van der Waals surface area contributed by atoms with E-state index in [1.807, 2.05) is 0 Å². The van der Waals surface area contributed by atoms with Gasteiger partial charge in [0.15, 0.2) is 0 Å². The van der Waals surface area contributed by atoms with Crippen LogP contribution < -0.4 is 5.73 Å². The summed E-state index contributed by atoms with van der Waals surface area (Å²) in [7, 11) is 0. The SMILES string of the molecule is CC(C)(N)C(C)(C)CN1CCC(CN2CCCC2)CC1. The first-order valence-corrected chi connectivity index (χ1v) is 8.51. The maximum Gasteiger partial charge on any atom is 0.0161 e. The van der Waals surface area contributed by atoms with Crippen molar-refractivity contribution in [1.82, 2.24) is 9.80 Å². The molecule has 2 saturated heterocycles. The third-order valence-electron chi connectivity index (χ3n) is 5.79. The Morgan fingerprint density at radius 1 is 0.900 bits per heavy atom. The summed E-state index contributed by atoms with van der Waals surface area (Å²) < 4.78 is 0. The van der Waals surface area contributed by atoms with E-state index in [4.69, 9.17) is 5.73 Å². The highest BCUT2D eigenvalue weighted by Gasteiger charge is 2.36. The van der Waals surface area contributed by atoms with E-state index in [9.17, 15) is 0 Å². The molecule has 0 spiro atoms. The minimum Gasteiger partial charge on any atom is -0.325 e. The topological polar surface area (TPSA) is 32.5 Å². The zero-order valence-corrected chi connectivity index (χ0v) is 14.1. The van der Waals surface area contributed by atoms with Crippen LogP contribution in [0.15, 0.2) is 0 Å². The molecule has 0 aromatic carbocycles. The fourth-order valence-electron chi connectivity index (χ4n) is 3.42. The van der Waals surface area contributed by atoms with Crippen LogP contribution in [0.3, 0.4) is 0 Å². The van der Waals surface area contributed by atoms with Gasteiger partial charge >= 0.3 is 0 Å². The van der Waals surface area contributed by atoms with Crippen LogP contribution in [0, 0.1) is 11.3 Å². The van der Waals surface area contributed by atoms with Gasteiger partial charge in [-0.3, -0.25) is 0 Å². The molecule has 2 aliphatic heterocycles. The first-order chi connectivity index (χ1) is 9.28. The second-order valence-corrected chi connectivity index (χ2v) is 8.33. The lowest BCUT2D eigenvalue weighted by atomic mass is 9.74. The Hall–Kier alpha value is -0.120. The molecule has 118 valence electrons. The molecule has 0 unspecified atom stereocenters. The van der Waals surface area contributed by atoms with E-state index in [-0.39, 0.29) is 11.0 Å². The summed E-state index contributed by atoms with van der Waals surface area (Å²) in [5.74, 6) is 0.929. The molecule has 0 bridgehead atoms. The fourth-order valence-corrected chi connectivity index (χ4v) is 3.42. The molecule has 0 amide bonds. The Kier molecular flexibility index (Phi) is 5.14. The van der Waals surface area contributed by atoms with Gasteiger partial charge < -0.3 is 15.5 Å². The second kappa shape index (κ2) is 6.33. The lowest BCUT2D eigenvalue weighted by molar-refractivity contribution is 0.0791. The van der Waals surface area contributed by atoms with Gasteiger partial charge in [0.2, 0.25) is 0 Å². The molecule has 20 heavy (non-hydrogen) atoms. The van der Waals surface area contributed by atoms with E-state index in [0.29, 0.717) is 0 Å². The molecule has 0 saturated carbocycles. The van der Waals surface area contributed by atoms with Gasteiger partial charge in [-0.15, -0.1) is 0 Å². The predicted molar refractivity (Wildman–Crippen MR) is 86.9 cm³/mol. The predicted octanol–water partition coefficient (Wildman–Crippen LogP) is 2.56. The molecule has 0 aromatic heterocycles. The maximum atomic E-state index is 6.33. The monoisotopic (exact) mass is 281 g/mol. The average Bonchev–Trinajstić information content (AvgIpc) is 2.83. The molecular weight excluding hydrogens is 246 g/mol. The molecule has 2 fully saturated rings. The second-order valence-electron chi connectivity index (χ2n) is 8.33. The van der Waals surface area contributed by atoms with E-state index in [1.165, 1.54) is 58.4 Å². The molecular formula is C17H35N3. The molecule has 2 aliphatic rings. The smallest absolute Gasteiger partial charge is 0.0161 e. The molecule has 0 atom stereocenters. The van der Waals surface area contributed by atoms with Crippen molar-refractivity contribution < 1.29 is 0 Å². The van der Waals surface area contributed by atoms with Crippen molar-refractivity contribution in [2.24, 2.45) is 17.1 Å². The summed E-state index contributed by atoms with van der Waals surface area (Å²) in [6.45, 7) is 16.6. The minimum absolute atomic E-state index is 0.112. The third-order valence-corrected chi connectivity index (χ3v) is 5.79. The van der Waals surface area contributed by atoms with Gasteiger partial charge in [-0.1, -0.05) is 13.8 Å². The molecule has 2 rings (SSSR count). The van der Waals surface area contributed by atoms with Crippen LogP contribution in [-0.2, 0) is 0 Å². The number of piperidine rings is 1. The number of nitrogens with two attached hydrogens (primary N) is 1. The molecule has 2 heterocycles. The van der Waals surface area contributed by atoms with Crippen LogP contribution in [0.2, 0.25) is 0 Å². The third kappa shape index (κ3) is 4.19. The minimum atomic E-state index is -0.112. The van der Waals surface area contributed by atoms with Gasteiger partial charge in [0.25, 0.3) is 0 Å². The van der Waals surface area contributed by atoms with E-state index < -0.39 is 0 Å². The van der Waals surface area contributed by atoms with Gasteiger partial charge in [-0.05, 0) is 77.0 Å². The highest BCUT2D eigenvalue weighted by atomic mass is 15.2. The van der Waals surface area contributed by atoms with E-state index in [0.717, 1.165) is 12.5 Å². The molecule has 3 heteroatoms. The van der Waals surface area contributed by atoms with Crippen molar-refractivity contribution in [3.05, 3.63) is 0 Å². The van der Waals surface area contributed by atoms with Crippen molar-refractivity contribution in [2.45, 2.75) is 58.9 Å².